The molecule has 0 radical (unpaired) electrons. The number of anilines is 2. The van der Waals surface area contributed by atoms with Gasteiger partial charge in [-0.05, 0) is 48.5 Å². The van der Waals surface area contributed by atoms with Crippen molar-refractivity contribution in [1.82, 2.24) is 20.0 Å². The standard InChI is InChI=1S/C21H18ClFN6O3S/c22-14-3-5-17(20(12-14)29-19-2-1-7-24-21(19)25-27-29)26-33(30,31)15-4-6-18(16(23)13-15)28-8-10-32-11-9-28/h1-7,12-13,26H,8-11H2. The third-order valence-electron chi connectivity index (χ3n) is 5.24. The van der Waals surface area contributed by atoms with Crippen LogP contribution in [0.2, 0.25) is 5.02 Å². The summed E-state index contributed by atoms with van der Waals surface area (Å²) in [5, 5.41) is 8.46. The lowest BCUT2D eigenvalue weighted by molar-refractivity contribution is 0.122. The van der Waals surface area contributed by atoms with Gasteiger partial charge in [-0.1, -0.05) is 16.8 Å². The molecule has 33 heavy (non-hydrogen) atoms. The average Bonchev–Trinajstić information content (AvgIpc) is 3.25. The van der Waals surface area contributed by atoms with Gasteiger partial charge >= 0.3 is 0 Å². The second kappa shape index (κ2) is 8.58. The number of hydrogen-bond donors (Lipinski definition) is 1. The number of hydrogen-bond acceptors (Lipinski definition) is 7. The summed E-state index contributed by atoms with van der Waals surface area (Å²) in [6.45, 7) is 2.06. The molecule has 2 aromatic carbocycles. The Morgan fingerprint density at radius 2 is 1.88 bits per heavy atom. The van der Waals surface area contributed by atoms with Crippen LogP contribution in [-0.2, 0) is 14.8 Å². The number of sulfonamides is 1. The molecular weight excluding hydrogens is 471 g/mol. The van der Waals surface area contributed by atoms with Crippen LogP contribution < -0.4 is 9.62 Å². The minimum absolute atomic E-state index is 0.202. The first kappa shape index (κ1) is 21.6. The fourth-order valence-electron chi connectivity index (χ4n) is 3.63. The summed E-state index contributed by atoms with van der Waals surface area (Å²) in [6.07, 6.45) is 1.58. The molecule has 5 rings (SSSR count). The minimum atomic E-state index is -4.12. The molecule has 0 bridgehead atoms. The van der Waals surface area contributed by atoms with Gasteiger partial charge in [0.25, 0.3) is 10.0 Å². The van der Waals surface area contributed by atoms with Crippen LogP contribution in [0.15, 0.2) is 59.6 Å². The van der Waals surface area contributed by atoms with Crippen molar-refractivity contribution in [2.45, 2.75) is 4.90 Å². The van der Waals surface area contributed by atoms with Crippen LogP contribution in [0.1, 0.15) is 0 Å². The normalized spacial score (nSPS) is 14.5. The zero-order chi connectivity index (χ0) is 23.0. The zero-order valence-corrected chi connectivity index (χ0v) is 18.7. The number of benzene rings is 2. The fraction of sp³-hybridized carbons (Fsp3) is 0.190. The molecule has 0 unspecified atom stereocenters. The third-order valence-corrected chi connectivity index (χ3v) is 6.83. The average molecular weight is 489 g/mol. The second-order valence-corrected chi connectivity index (χ2v) is 9.45. The maximum Gasteiger partial charge on any atom is 0.262 e. The molecule has 1 N–H and O–H groups in total. The Labute approximate surface area is 193 Å². The molecule has 0 amide bonds. The Morgan fingerprint density at radius 1 is 1.06 bits per heavy atom. The highest BCUT2D eigenvalue weighted by atomic mass is 35.5. The van der Waals surface area contributed by atoms with Gasteiger partial charge in [0.15, 0.2) is 0 Å². The summed E-state index contributed by atoms with van der Waals surface area (Å²) >= 11 is 6.17. The monoisotopic (exact) mass is 488 g/mol. The van der Waals surface area contributed by atoms with E-state index in [0.29, 0.717) is 53.9 Å². The van der Waals surface area contributed by atoms with Crippen molar-refractivity contribution in [3.63, 3.8) is 0 Å². The lowest BCUT2D eigenvalue weighted by atomic mass is 10.2. The maximum absolute atomic E-state index is 14.8. The highest BCUT2D eigenvalue weighted by Crippen LogP contribution is 2.30. The molecule has 9 nitrogen and oxygen atoms in total. The quantitative estimate of drug-likeness (QED) is 0.460. The molecule has 1 aliphatic heterocycles. The summed E-state index contributed by atoms with van der Waals surface area (Å²) in [7, 11) is -4.12. The van der Waals surface area contributed by atoms with Crippen molar-refractivity contribution in [3.8, 4) is 5.69 Å². The molecular formula is C21H18ClFN6O3S. The molecule has 12 heteroatoms. The molecule has 170 valence electrons. The molecule has 1 saturated heterocycles. The Hall–Kier alpha value is -3.28. The van der Waals surface area contributed by atoms with E-state index in [4.69, 9.17) is 16.3 Å². The molecule has 0 spiro atoms. The lowest BCUT2D eigenvalue weighted by Crippen LogP contribution is -2.36. The van der Waals surface area contributed by atoms with Crippen LogP contribution >= 0.6 is 11.6 Å². The van der Waals surface area contributed by atoms with Gasteiger partial charge in [0.05, 0.1) is 35.2 Å². The third kappa shape index (κ3) is 4.22. The molecule has 1 aliphatic rings. The van der Waals surface area contributed by atoms with E-state index in [2.05, 4.69) is 20.0 Å². The number of halogens is 2. The molecule has 2 aromatic heterocycles. The Bertz CT molecular complexity index is 1440. The second-order valence-electron chi connectivity index (χ2n) is 7.33. The number of rotatable bonds is 5. The van der Waals surface area contributed by atoms with Gasteiger partial charge in [-0.2, -0.15) is 0 Å². The highest BCUT2D eigenvalue weighted by Gasteiger charge is 2.22. The summed E-state index contributed by atoms with van der Waals surface area (Å²) < 4.78 is 50.3. The smallest absolute Gasteiger partial charge is 0.262 e. The summed E-state index contributed by atoms with van der Waals surface area (Å²) in [5.41, 5.74) is 1.86. The van der Waals surface area contributed by atoms with Gasteiger partial charge in [0.1, 0.15) is 11.3 Å². The first-order chi connectivity index (χ1) is 15.9. The molecule has 1 fully saturated rings. The van der Waals surface area contributed by atoms with E-state index in [1.54, 1.807) is 30.5 Å². The molecule has 3 heterocycles. The van der Waals surface area contributed by atoms with Crippen LogP contribution in [0.3, 0.4) is 0 Å². The van der Waals surface area contributed by atoms with E-state index < -0.39 is 15.8 Å². The van der Waals surface area contributed by atoms with Gasteiger partial charge in [0, 0.05) is 24.3 Å². The van der Waals surface area contributed by atoms with E-state index in [0.717, 1.165) is 6.07 Å². The Balaban J connectivity index is 1.50. The zero-order valence-electron chi connectivity index (χ0n) is 17.1. The van der Waals surface area contributed by atoms with Gasteiger partial charge < -0.3 is 9.64 Å². The van der Waals surface area contributed by atoms with Gasteiger partial charge in [-0.25, -0.2) is 22.5 Å². The predicted octanol–water partition coefficient (Wildman–Crippen LogP) is 3.25. The predicted molar refractivity (Wildman–Crippen MR) is 122 cm³/mol. The van der Waals surface area contributed by atoms with Crippen molar-refractivity contribution >= 4 is 44.2 Å². The molecule has 0 aliphatic carbocycles. The maximum atomic E-state index is 14.8. The SMILES string of the molecule is O=S(=O)(Nc1ccc(Cl)cc1-n1nnc2ncccc21)c1ccc(N2CCOCC2)c(F)c1. The number of aromatic nitrogens is 4. The molecule has 0 saturated carbocycles. The van der Waals surface area contributed by atoms with Crippen LogP contribution in [0, 0.1) is 5.82 Å². The number of nitrogens with one attached hydrogen (secondary N) is 1. The number of fused-ring (bicyclic) bond motifs is 1. The van der Waals surface area contributed by atoms with E-state index in [1.165, 1.54) is 22.9 Å². The van der Waals surface area contributed by atoms with Crippen LogP contribution in [0.25, 0.3) is 16.9 Å². The topological polar surface area (TPSA) is 102 Å². The van der Waals surface area contributed by atoms with E-state index in [-0.39, 0.29) is 10.6 Å². The van der Waals surface area contributed by atoms with Gasteiger partial charge in [-0.15, -0.1) is 5.10 Å². The van der Waals surface area contributed by atoms with E-state index in [9.17, 15) is 12.8 Å². The van der Waals surface area contributed by atoms with E-state index in [1.807, 2.05) is 4.90 Å². The van der Waals surface area contributed by atoms with E-state index >= 15 is 0 Å². The largest absolute Gasteiger partial charge is 0.378 e. The van der Waals surface area contributed by atoms with Gasteiger partial charge in [-0.3, -0.25) is 4.72 Å². The first-order valence-corrected chi connectivity index (χ1v) is 11.9. The number of pyridine rings is 1. The Morgan fingerprint density at radius 3 is 2.67 bits per heavy atom. The van der Waals surface area contributed by atoms with Crippen LogP contribution in [-0.4, -0.2) is 54.7 Å². The Kier molecular flexibility index (Phi) is 5.60. The lowest BCUT2D eigenvalue weighted by Gasteiger charge is -2.29. The van der Waals surface area contributed by atoms with Crippen LogP contribution in [0.4, 0.5) is 15.8 Å². The number of nitrogens with zero attached hydrogens (tertiary/aromatic N) is 5. The summed E-state index contributed by atoms with van der Waals surface area (Å²) in [5.74, 6) is -0.621. The van der Waals surface area contributed by atoms with Crippen molar-refractivity contribution in [2.75, 3.05) is 35.9 Å². The minimum Gasteiger partial charge on any atom is -0.378 e. The van der Waals surface area contributed by atoms with Crippen molar-refractivity contribution < 1.29 is 17.5 Å². The van der Waals surface area contributed by atoms with Crippen LogP contribution in [0.5, 0.6) is 0 Å². The number of morpholine rings is 1. The molecule has 4 aromatic rings. The number of ether oxygens (including phenoxy) is 1. The summed E-state index contributed by atoms with van der Waals surface area (Å²) in [6, 6.07) is 11.9. The fourth-order valence-corrected chi connectivity index (χ4v) is 4.88. The molecule has 0 atom stereocenters. The van der Waals surface area contributed by atoms with Gasteiger partial charge in [0.2, 0.25) is 5.65 Å². The summed E-state index contributed by atoms with van der Waals surface area (Å²) in [4.78, 5) is 5.76. The van der Waals surface area contributed by atoms with Crippen molar-refractivity contribution in [1.29, 1.82) is 0 Å². The van der Waals surface area contributed by atoms with Crippen molar-refractivity contribution in [2.24, 2.45) is 0 Å². The first-order valence-electron chi connectivity index (χ1n) is 10.0. The highest BCUT2D eigenvalue weighted by molar-refractivity contribution is 7.92. The van der Waals surface area contributed by atoms with Crippen molar-refractivity contribution in [3.05, 3.63) is 65.6 Å².